The Hall–Kier alpha value is -3.14. The fraction of sp³-hybridized carbons (Fsp3) is 0.318. The van der Waals surface area contributed by atoms with Crippen LogP contribution < -0.4 is 10.9 Å². The number of aliphatic hydroxyl groups is 1. The van der Waals surface area contributed by atoms with E-state index < -0.39 is 6.10 Å². The molecule has 1 aliphatic heterocycles. The van der Waals surface area contributed by atoms with Gasteiger partial charge < -0.3 is 30.0 Å². The molecular weight excluding hydrogens is 434 g/mol. The maximum absolute atomic E-state index is 12.9. The van der Waals surface area contributed by atoms with Gasteiger partial charge in [0.25, 0.3) is 11.5 Å². The number of aliphatic hydroxyl groups excluding tert-OH is 1. The van der Waals surface area contributed by atoms with Crippen molar-refractivity contribution in [3.63, 3.8) is 0 Å². The molecule has 0 radical (unpaired) electrons. The van der Waals surface area contributed by atoms with Crippen molar-refractivity contribution in [2.45, 2.75) is 13.0 Å². The number of nitrogens with one attached hydrogen (secondary N) is 3. The average molecular weight is 458 g/mol. The number of ether oxygens (including phenoxy) is 1. The Morgan fingerprint density at radius 2 is 2.12 bits per heavy atom. The Morgan fingerprint density at radius 3 is 2.88 bits per heavy atom. The second kappa shape index (κ2) is 9.56. The molecule has 0 spiro atoms. The number of halogens is 1. The molecule has 9 nitrogen and oxygen atoms in total. The summed E-state index contributed by atoms with van der Waals surface area (Å²) in [5, 5.41) is 14.1. The first kappa shape index (κ1) is 22.1. The summed E-state index contributed by atoms with van der Waals surface area (Å²) in [5.41, 5.74) is 1.87. The van der Waals surface area contributed by atoms with Crippen molar-refractivity contribution in [3.8, 4) is 11.4 Å². The number of carbonyl (C=O) groups is 1. The summed E-state index contributed by atoms with van der Waals surface area (Å²) in [6.07, 6.45) is 0.674. The highest BCUT2D eigenvalue weighted by Crippen LogP contribution is 2.25. The number of aromatic nitrogens is 3. The highest BCUT2D eigenvalue weighted by Gasteiger charge is 2.24. The van der Waals surface area contributed by atoms with Crippen LogP contribution in [0.25, 0.3) is 11.4 Å². The number of benzene rings is 1. The first-order valence-electron chi connectivity index (χ1n) is 10.3. The third-order valence-corrected chi connectivity index (χ3v) is 5.55. The molecule has 1 aliphatic rings. The maximum atomic E-state index is 12.9. The molecule has 1 fully saturated rings. The zero-order valence-corrected chi connectivity index (χ0v) is 18.3. The molecule has 1 aromatic carbocycles. The molecular formula is C22H24ClN5O4. The summed E-state index contributed by atoms with van der Waals surface area (Å²) in [4.78, 5) is 37.3. The van der Waals surface area contributed by atoms with Crippen LogP contribution in [0, 0.1) is 6.92 Å². The van der Waals surface area contributed by atoms with Crippen molar-refractivity contribution >= 4 is 23.2 Å². The van der Waals surface area contributed by atoms with Crippen molar-refractivity contribution < 1.29 is 14.6 Å². The van der Waals surface area contributed by atoms with Gasteiger partial charge in [0.2, 0.25) is 0 Å². The molecule has 168 valence electrons. The first-order valence-corrected chi connectivity index (χ1v) is 10.6. The van der Waals surface area contributed by atoms with Crippen LogP contribution in [-0.2, 0) is 4.74 Å². The molecule has 1 amide bonds. The monoisotopic (exact) mass is 457 g/mol. The number of imidazole rings is 1. The molecule has 0 saturated carbocycles. The van der Waals surface area contributed by atoms with Gasteiger partial charge in [0.1, 0.15) is 17.1 Å². The van der Waals surface area contributed by atoms with E-state index in [0.717, 1.165) is 0 Å². The van der Waals surface area contributed by atoms with Crippen LogP contribution in [0.1, 0.15) is 27.8 Å². The SMILES string of the molecule is Cc1nc(-c2c(NC[C@@H](O)c3cccc(Cl)c3)cc[nH]c2=O)[nH]c1C(=O)N1CCOCC1. The van der Waals surface area contributed by atoms with E-state index in [1.165, 1.54) is 6.20 Å². The minimum absolute atomic E-state index is 0.149. The largest absolute Gasteiger partial charge is 0.387 e. The lowest BCUT2D eigenvalue weighted by Gasteiger charge is -2.26. The smallest absolute Gasteiger partial charge is 0.272 e. The van der Waals surface area contributed by atoms with Crippen LogP contribution in [0.2, 0.25) is 5.02 Å². The average Bonchev–Trinajstić information content (AvgIpc) is 3.18. The number of nitrogens with zero attached hydrogens (tertiary/aromatic N) is 2. The normalized spacial score (nSPS) is 14.9. The lowest BCUT2D eigenvalue weighted by atomic mass is 10.1. The molecule has 0 unspecified atom stereocenters. The fourth-order valence-electron chi connectivity index (χ4n) is 3.61. The Labute approximate surface area is 189 Å². The molecule has 4 N–H and O–H groups in total. The summed E-state index contributed by atoms with van der Waals surface area (Å²) >= 11 is 6.00. The van der Waals surface area contributed by atoms with Crippen molar-refractivity contribution in [1.82, 2.24) is 19.9 Å². The van der Waals surface area contributed by atoms with E-state index in [9.17, 15) is 14.7 Å². The zero-order chi connectivity index (χ0) is 22.7. The number of anilines is 1. The summed E-state index contributed by atoms with van der Waals surface area (Å²) < 4.78 is 5.31. The third-order valence-electron chi connectivity index (χ3n) is 5.31. The molecule has 2 aromatic heterocycles. The Balaban J connectivity index is 1.58. The summed E-state index contributed by atoms with van der Waals surface area (Å²) in [7, 11) is 0. The Bertz CT molecular complexity index is 1170. The molecule has 0 aliphatic carbocycles. The summed E-state index contributed by atoms with van der Waals surface area (Å²) in [5.74, 6) is 0.100. The van der Waals surface area contributed by atoms with Crippen LogP contribution >= 0.6 is 11.6 Å². The van der Waals surface area contributed by atoms with Gasteiger partial charge in [0.05, 0.1) is 30.7 Å². The van der Waals surface area contributed by atoms with E-state index in [1.807, 2.05) is 0 Å². The zero-order valence-electron chi connectivity index (χ0n) is 17.5. The van der Waals surface area contributed by atoms with Gasteiger partial charge in [-0.05, 0) is 30.7 Å². The van der Waals surface area contributed by atoms with Gasteiger partial charge >= 0.3 is 0 Å². The summed E-state index contributed by atoms with van der Waals surface area (Å²) in [6.45, 7) is 3.87. The lowest BCUT2D eigenvalue weighted by molar-refractivity contribution is 0.0299. The Kier molecular flexibility index (Phi) is 6.59. The molecule has 1 saturated heterocycles. The van der Waals surface area contributed by atoms with Crippen molar-refractivity contribution in [1.29, 1.82) is 0 Å². The van der Waals surface area contributed by atoms with E-state index in [4.69, 9.17) is 16.3 Å². The maximum Gasteiger partial charge on any atom is 0.272 e. The number of amides is 1. The first-order chi connectivity index (χ1) is 15.4. The van der Waals surface area contributed by atoms with Crippen molar-refractivity contribution in [2.75, 3.05) is 38.2 Å². The number of hydrogen-bond acceptors (Lipinski definition) is 6. The van der Waals surface area contributed by atoms with Crippen LogP contribution in [0.3, 0.4) is 0 Å². The molecule has 3 aromatic rings. The van der Waals surface area contributed by atoms with Gasteiger partial charge in [0, 0.05) is 30.9 Å². The minimum Gasteiger partial charge on any atom is -0.387 e. The van der Waals surface area contributed by atoms with Crippen molar-refractivity contribution in [2.24, 2.45) is 0 Å². The van der Waals surface area contributed by atoms with Gasteiger partial charge in [-0.1, -0.05) is 23.7 Å². The van der Waals surface area contributed by atoms with E-state index in [-0.39, 0.29) is 29.4 Å². The number of rotatable bonds is 6. The molecule has 10 heteroatoms. The minimum atomic E-state index is -0.836. The van der Waals surface area contributed by atoms with E-state index in [1.54, 1.807) is 42.2 Å². The highest BCUT2D eigenvalue weighted by atomic mass is 35.5. The molecule has 32 heavy (non-hydrogen) atoms. The van der Waals surface area contributed by atoms with Crippen LogP contribution in [-0.4, -0.2) is 63.7 Å². The quantitative estimate of drug-likeness (QED) is 0.450. The predicted molar refractivity (Wildman–Crippen MR) is 121 cm³/mol. The van der Waals surface area contributed by atoms with Gasteiger partial charge in [-0.15, -0.1) is 0 Å². The number of H-pyrrole nitrogens is 2. The number of hydrogen-bond donors (Lipinski definition) is 4. The number of aromatic amines is 2. The van der Waals surface area contributed by atoms with Gasteiger partial charge in [-0.3, -0.25) is 9.59 Å². The topological polar surface area (TPSA) is 123 Å². The molecule has 0 bridgehead atoms. The molecule has 1 atom stereocenters. The van der Waals surface area contributed by atoms with Crippen LogP contribution in [0.4, 0.5) is 5.69 Å². The fourth-order valence-corrected chi connectivity index (χ4v) is 3.81. The molecule has 4 rings (SSSR count). The van der Waals surface area contributed by atoms with Gasteiger partial charge in [0.15, 0.2) is 0 Å². The number of aryl methyl sites for hydroxylation is 1. The number of morpholine rings is 1. The van der Waals surface area contributed by atoms with Crippen LogP contribution in [0.5, 0.6) is 0 Å². The molecule has 3 heterocycles. The number of pyridine rings is 1. The van der Waals surface area contributed by atoms with E-state index in [0.29, 0.717) is 54.0 Å². The van der Waals surface area contributed by atoms with E-state index >= 15 is 0 Å². The van der Waals surface area contributed by atoms with Crippen LogP contribution in [0.15, 0.2) is 41.3 Å². The number of carbonyl (C=O) groups excluding carboxylic acids is 1. The predicted octanol–water partition coefficient (Wildman–Crippen LogP) is 2.34. The lowest BCUT2D eigenvalue weighted by Crippen LogP contribution is -2.41. The van der Waals surface area contributed by atoms with E-state index in [2.05, 4.69) is 20.3 Å². The van der Waals surface area contributed by atoms with Gasteiger partial charge in [-0.2, -0.15) is 0 Å². The second-order valence-corrected chi connectivity index (χ2v) is 7.93. The second-order valence-electron chi connectivity index (χ2n) is 7.50. The third kappa shape index (κ3) is 4.69. The van der Waals surface area contributed by atoms with Gasteiger partial charge in [-0.25, -0.2) is 4.98 Å². The van der Waals surface area contributed by atoms with Crippen molar-refractivity contribution in [3.05, 3.63) is 68.9 Å². The summed E-state index contributed by atoms with van der Waals surface area (Å²) in [6, 6.07) is 8.64. The standard InChI is InChI=1S/C22H24ClN5O4/c1-13-19(22(31)28-7-9-32-10-8-28)27-20(26-13)18-16(5-6-24-21(18)30)25-12-17(29)14-3-2-4-15(23)11-14/h2-6,11,17,29H,7-10,12H2,1H3,(H,26,27)(H2,24,25,30)/t17-/m1/s1. The highest BCUT2D eigenvalue weighted by molar-refractivity contribution is 6.30. The Morgan fingerprint density at radius 1 is 1.34 bits per heavy atom.